The largest absolute Gasteiger partial charge is 0.497 e. The van der Waals surface area contributed by atoms with E-state index in [0.29, 0.717) is 35.1 Å². The second kappa shape index (κ2) is 9.23. The second-order valence-electron chi connectivity index (χ2n) is 6.48. The van der Waals surface area contributed by atoms with Gasteiger partial charge in [-0.1, -0.05) is 13.3 Å². The number of methoxy groups -OCH3 is 2. The standard InChI is InChI=1S/C22H24FN3O3/c1-4-5-12-24-22(27)20-14-19(18-11-10-17(28-2)13-21(18)29-3)25-26(20)16-8-6-15(23)7-9-16/h6-11,13-14H,4-5,12H2,1-3H3,(H,24,27). The maximum atomic E-state index is 13.4. The zero-order valence-corrected chi connectivity index (χ0v) is 16.7. The molecule has 3 rings (SSSR count). The molecular weight excluding hydrogens is 373 g/mol. The van der Waals surface area contributed by atoms with Crippen LogP contribution in [0.3, 0.4) is 0 Å². The Morgan fingerprint density at radius 1 is 1.10 bits per heavy atom. The van der Waals surface area contributed by atoms with E-state index in [9.17, 15) is 9.18 Å². The van der Waals surface area contributed by atoms with Crippen LogP contribution in [0.4, 0.5) is 4.39 Å². The van der Waals surface area contributed by atoms with Crippen molar-refractivity contribution in [3.63, 3.8) is 0 Å². The van der Waals surface area contributed by atoms with Crippen LogP contribution in [0.15, 0.2) is 48.5 Å². The van der Waals surface area contributed by atoms with Gasteiger partial charge in [-0.25, -0.2) is 9.07 Å². The lowest BCUT2D eigenvalue weighted by molar-refractivity contribution is 0.0945. The number of hydrogen-bond acceptors (Lipinski definition) is 4. The average Bonchev–Trinajstić information content (AvgIpc) is 3.19. The Bertz CT molecular complexity index is 983. The van der Waals surface area contributed by atoms with Crippen LogP contribution in [0.2, 0.25) is 0 Å². The van der Waals surface area contributed by atoms with Gasteiger partial charge >= 0.3 is 0 Å². The minimum absolute atomic E-state index is 0.242. The topological polar surface area (TPSA) is 65.4 Å². The number of amides is 1. The number of rotatable bonds is 8. The lowest BCUT2D eigenvalue weighted by atomic mass is 10.1. The van der Waals surface area contributed by atoms with Crippen molar-refractivity contribution < 1.29 is 18.7 Å². The normalized spacial score (nSPS) is 10.6. The molecule has 29 heavy (non-hydrogen) atoms. The summed E-state index contributed by atoms with van der Waals surface area (Å²) in [6.07, 6.45) is 1.86. The Hall–Kier alpha value is -3.35. The molecule has 3 aromatic rings. The molecule has 2 aromatic carbocycles. The minimum Gasteiger partial charge on any atom is -0.497 e. The summed E-state index contributed by atoms with van der Waals surface area (Å²) in [5.41, 5.74) is 2.23. The van der Waals surface area contributed by atoms with E-state index in [-0.39, 0.29) is 11.7 Å². The highest BCUT2D eigenvalue weighted by Crippen LogP contribution is 2.33. The van der Waals surface area contributed by atoms with Crippen molar-refractivity contribution in [3.05, 3.63) is 60.0 Å². The number of halogens is 1. The molecule has 0 atom stereocenters. The smallest absolute Gasteiger partial charge is 0.270 e. The number of nitrogens with one attached hydrogen (secondary N) is 1. The van der Waals surface area contributed by atoms with Gasteiger partial charge in [-0.2, -0.15) is 5.10 Å². The minimum atomic E-state index is -0.355. The third-order valence-corrected chi connectivity index (χ3v) is 4.51. The maximum absolute atomic E-state index is 13.4. The van der Waals surface area contributed by atoms with Gasteiger partial charge in [-0.3, -0.25) is 4.79 Å². The molecule has 0 aliphatic heterocycles. The zero-order valence-electron chi connectivity index (χ0n) is 16.7. The molecule has 0 radical (unpaired) electrons. The van der Waals surface area contributed by atoms with Crippen LogP contribution in [-0.4, -0.2) is 36.5 Å². The Balaban J connectivity index is 2.07. The number of ether oxygens (including phenoxy) is 2. The van der Waals surface area contributed by atoms with Gasteiger partial charge in [0.15, 0.2) is 0 Å². The van der Waals surface area contributed by atoms with Crippen LogP contribution in [0.5, 0.6) is 11.5 Å². The van der Waals surface area contributed by atoms with Crippen molar-refractivity contribution in [1.29, 1.82) is 0 Å². The van der Waals surface area contributed by atoms with Crippen LogP contribution in [0.25, 0.3) is 16.9 Å². The van der Waals surface area contributed by atoms with E-state index in [0.717, 1.165) is 18.4 Å². The lowest BCUT2D eigenvalue weighted by Crippen LogP contribution is -2.26. The van der Waals surface area contributed by atoms with E-state index >= 15 is 0 Å². The summed E-state index contributed by atoms with van der Waals surface area (Å²) in [4.78, 5) is 12.8. The van der Waals surface area contributed by atoms with Gasteiger partial charge < -0.3 is 14.8 Å². The Kier molecular flexibility index (Phi) is 6.49. The average molecular weight is 397 g/mol. The van der Waals surface area contributed by atoms with Gasteiger partial charge in [-0.15, -0.1) is 0 Å². The molecule has 1 N–H and O–H groups in total. The molecular formula is C22H24FN3O3. The number of benzene rings is 2. The van der Waals surface area contributed by atoms with E-state index < -0.39 is 0 Å². The molecule has 6 nitrogen and oxygen atoms in total. The number of aromatic nitrogens is 2. The summed E-state index contributed by atoms with van der Waals surface area (Å²) in [5.74, 6) is 0.632. The summed E-state index contributed by atoms with van der Waals surface area (Å²) in [6.45, 7) is 2.63. The Morgan fingerprint density at radius 3 is 2.52 bits per heavy atom. The van der Waals surface area contributed by atoms with Gasteiger partial charge in [0.1, 0.15) is 23.0 Å². The second-order valence-corrected chi connectivity index (χ2v) is 6.48. The van der Waals surface area contributed by atoms with Crippen molar-refractivity contribution in [2.75, 3.05) is 20.8 Å². The molecule has 0 bridgehead atoms. The number of carbonyl (C=O) groups excluding carboxylic acids is 1. The van der Waals surface area contributed by atoms with Crippen molar-refractivity contribution in [2.45, 2.75) is 19.8 Å². The summed E-state index contributed by atoms with van der Waals surface area (Å²) < 4.78 is 25.6. The van der Waals surface area contributed by atoms with Crippen molar-refractivity contribution >= 4 is 5.91 Å². The maximum Gasteiger partial charge on any atom is 0.270 e. The number of carbonyl (C=O) groups is 1. The third-order valence-electron chi connectivity index (χ3n) is 4.51. The van der Waals surface area contributed by atoms with E-state index in [1.807, 2.05) is 6.07 Å². The molecule has 0 unspecified atom stereocenters. The van der Waals surface area contributed by atoms with Gasteiger partial charge in [0.2, 0.25) is 0 Å². The molecule has 0 spiro atoms. The monoisotopic (exact) mass is 397 g/mol. The van der Waals surface area contributed by atoms with Crippen molar-refractivity contribution in [1.82, 2.24) is 15.1 Å². The molecule has 1 aromatic heterocycles. The summed E-state index contributed by atoms with van der Waals surface area (Å²) >= 11 is 0. The van der Waals surface area contributed by atoms with Crippen molar-refractivity contribution in [3.8, 4) is 28.4 Å². The number of nitrogens with zero attached hydrogens (tertiary/aromatic N) is 2. The molecule has 0 fully saturated rings. The molecule has 0 saturated carbocycles. The van der Waals surface area contributed by atoms with Crippen LogP contribution < -0.4 is 14.8 Å². The van der Waals surface area contributed by atoms with E-state index in [1.165, 1.54) is 16.8 Å². The van der Waals surface area contributed by atoms with E-state index in [2.05, 4.69) is 17.3 Å². The van der Waals surface area contributed by atoms with E-state index in [4.69, 9.17) is 9.47 Å². The Labute approximate surface area is 169 Å². The fraction of sp³-hybridized carbons (Fsp3) is 0.273. The predicted molar refractivity (Wildman–Crippen MR) is 109 cm³/mol. The molecule has 0 aliphatic rings. The fourth-order valence-corrected chi connectivity index (χ4v) is 2.93. The van der Waals surface area contributed by atoms with Crippen LogP contribution in [-0.2, 0) is 0 Å². The van der Waals surface area contributed by atoms with E-state index in [1.54, 1.807) is 44.6 Å². The molecule has 0 aliphatic carbocycles. The number of unbranched alkanes of at least 4 members (excludes halogenated alkanes) is 1. The first kappa shape index (κ1) is 20.4. The molecule has 0 saturated heterocycles. The highest BCUT2D eigenvalue weighted by Gasteiger charge is 2.19. The first-order valence-corrected chi connectivity index (χ1v) is 9.44. The van der Waals surface area contributed by atoms with Crippen LogP contribution in [0, 0.1) is 5.82 Å². The first-order valence-electron chi connectivity index (χ1n) is 9.44. The summed E-state index contributed by atoms with van der Waals surface area (Å²) in [7, 11) is 3.14. The highest BCUT2D eigenvalue weighted by atomic mass is 19.1. The molecule has 152 valence electrons. The van der Waals surface area contributed by atoms with Gasteiger partial charge in [-0.05, 0) is 48.9 Å². The van der Waals surface area contributed by atoms with Crippen molar-refractivity contribution in [2.24, 2.45) is 0 Å². The quantitative estimate of drug-likeness (QED) is 0.578. The SMILES string of the molecule is CCCCNC(=O)c1cc(-c2ccc(OC)cc2OC)nn1-c1ccc(F)cc1. The van der Waals surface area contributed by atoms with Gasteiger partial charge in [0.05, 0.1) is 25.6 Å². The lowest BCUT2D eigenvalue weighted by Gasteiger charge is -2.09. The molecule has 1 heterocycles. The Morgan fingerprint density at radius 2 is 1.86 bits per heavy atom. The third kappa shape index (κ3) is 4.56. The first-order chi connectivity index (χ1) is 14.1. The zero-order chi connectivity index (χ0) is 20.8. The van der Waals surface area contributed by atoms with Crippen LogP contribution >= 0.6 is 0 Å². The number of hydrogen-bond donors (Lipinski definition) is 1. The van der Waals surface area contributed by atoms with Crippen LogP contribution in [0.1, 0.15) is 30.3 Å². The van der Waals surface area contributed by atoms with Gasteiger partial charge in [0.25, 0.3) is 5.91 Å². The molecule has 7 heteroatoms. The van der Waals surface area contributed by atoms with Gasteiger partial charge in [0, 0.05) is 18.2 Å². The highest BCUT2D eigenvalue weighted by molar-refractivity contribution is 5.94. The fourth-order valence-electron chi connectivity index (χ4n) is 2.93. The predicted octanol–water partition coefficient (Wildman–Crippen LogP) is 4.23. The summed E-state index contributed by atoms with van der Waals surface area (Å²) in [5, 5.41) is 7.51. The summed E-state index contributed by atoms with van der Waals surface area (Å²) in [6, 6.07) is 12.9. The molecule has 1 amide bonds.